The second-order valence-electron chi connectivity index (χ2n) is 8.26. The minimum atomic E-state index is -0.340. The summed E-state index contributed by atoms with van der Waals surface area (Å²) < 4.78 is 6.73. The summed E-state index contributed by atoms with van der Waals surface area (Å²) in [5.41, 5.74) is 1.13. The number of halogens is 1. The summed E-state index contributed by atoms with van der Waals surface area (Å²) in [6, 6.07) is 9.69. The number of carbonyl (C=O) groups is 2. The Morgan fingerprint density at radius 1 is 1.19 bits per heavy atom. The molecule has 31 heavy (non-hydrogen) atoms. The molecule has 1 saturated carbocycles. The second-order valence-corrected chi connectivity index (χ2v) is 9.12. The standard InChI is InChI=1S/C22H22BrN5O3/c23-16-3-1-2-4-18(16)28-13-15(11-19(28)29)21(30)26-7-9-27(10-8-26)22-17(12-24)25-20(31-22)14-5-6-14/h1-4,14-15H,5-11,13H2/t15-/m0/s1. The van der Waals surface area contributed by atoms with E-state index >= 15 is 0 Å². The van der Waals surface area contributed by atoms with Gasteiger partial charge in [0.05, 0.1) is 11.6 Å². The van der Waals surface area contributed by atoms with Crippen LogP contribution in [-0.4, -0.2) is 54.4 Å². The number of para-hydroxylation sites is 1. The molecule has 0 spiro atoms. The van der Waals surface area contributed by atoms with Crippen LogP contribution < -0.4 is 9.80 Å². The van der Waals surface area contributed by atoms with Gasteiger partial charge in [-0.2, -0.15) is 5.26 Å². The molecule has 0 radical (unpaired) electrons. The van der Waals surface area contributed by atoms with Crippen LogP contribution in [0.5, 0.6) is 0 Å². The van der Waals surface area contributed by atoms with Crippen molar-refractivity contribution in [2.45, 2.75) is 25.2 Å². The van der Waals surface area contributed by atoms with E-state index in [9.17, 15) is 14.9 Å². The van der Waals surface area contributed by atoms with E-state index in [1.165, 1.54) is 0 Å². The van der Waals surface area contributed by atoms with Crippen LogP contribution >= 0.6 is 15.9 Å². The number of carbonyl (C=O) groups excluding carboxylic acids is 2. The first-order valence-electron chi connectivity index (χ1n) is 10.5. The maximum atomic E-state index is 13.1. The molecule has 8 nitrogen and oxygen atoms in total. The monoisotopic (exact) mass is 483 g/mol. The number of piperazine rings is 1. The Morgan fingerprint density at radius 2 is 1.94 bits per heavy atom. The summed E-state index contributed by atoms with van der Waals surface area (Å²) >= 11 is 3.49. The van der Waals surface area contributed by atoms with Crippen molar-refractivity contribution in [2.24, 2.45) is 5.92 Å². The highest BCUT2D eigenvalue weighted by Crippen LogP contribution is 2.41. The van der Waals surface area contributed by atoms with Gasteiger partial charge in [0.25, 0.3) is 0 Å². The number of rotatable bonds is 4. The maximum absolute atomic E-state index is 13.1. The van der Waals surface area contributed by atoms with Crippen molar-refractivity contribution in [3.63, 3.8) is 0 Å². The quantitative estimate of drug-likeness (QED) is 0.663. The summed E-state index contributed by atoms with van der Waals surface area (Å²) in [6.45, 7) is 2.61. The van der Waals surface area contributed by atoms with Crippen LogP contribution in [0.25, 0.3) is 0 Å². The van der Waals surface area contributed by atoms with Crippen molar-refractivity contribution in [1.29, 1.82) is 5.26 Å². The van der Waals surface area contributed by atoms with Crippen molar-refractivity contribution >= 4 is 39.3 Å². The molecule has 1 aromatic heterocycles. The highest BCUT2D eigenvalue weighted by molar-refractivity contribution is 9.10. The predicted molar refractivity (Wildman–Crippen MR) is 117 cm³/mol. The van der Waals surface area contributed by atoms with Crippen LogP contribution in [-0.2, 0) is 9.59 Å². The summed E-state index contributed by atoms with van der Waals surface area (Å²) in [6.07, 6.45) is 2.35. The van der Waals surface area contributed by atoms with Gasteiger partial charge >= 0.3 is 0 Å². The van der Waals surface area contributed by atoms with Crippen molar-refractivity contribution in [1.82, 2.24) is 9.88 Å². The SMILES string of the molecule is N#Cc1nc(C2CC2)oc1N1CCN(C(=O)[C@H]2CC(=O)N(c3ccccc3Br)C2)CC1. The van der Waals surface area contributed by atoms with E-state index in [2.05, 4.69) is 27.0 Å². The third-order valence-corrected chi connectivity index (χ3v) is 6.82. The molecule has 2 amide bonds. The number of aromatic nitrogens is 1. The van der Waals surface area contributed by atoms with Crippen LogP contribution in [0.4, 0.5) is 11.6 Å². The van der Waals surface area contributed by atoms with Gasteiger partial charge in [-0.05, 0) is 40.9 Å². The van der Waals surface area contributed by atoms with E-state index in [1.54, 1.807) is 4.90 Å². The van der Waals surface area contributed by atoms with E-state index in [1.807, 2.05) is 34.1 Å². The summed E-state index contributed by atoms with van der Waals surface area (Å²) in [5, 5.41) is 9.41. The van der Waals surface area contributed by atoms with Crippen LogP contribution in [0.1, 0.15) is 36.8 Å². The van der Waals surface area contributed by atoms with Crippen LogP contribution in [0.3, 0.4) is 0 Å². The topological polar surface area (TPSA) is 93.7 Å². The maximum Gasteiger partial charge on any atom is 0.234 e. The van der Waals surface area contributed by atoms with E-state index in [0.29, 0.717) is 56.1 Å². The Balaban J connectivity index is 1.22. The average molecular weight is 484 g/mol. The van der Waals surface area contributed by atoms with Gasteiger partial charge in [0.1, 0.15) is 6.07 Å². The number of anilines is 2. The van der Waals surface area contributed by atoms with Crippen LogP contribution in [0, 0.1) is 17.2 Å². The Kier molecular flexibility index (Phi) is 5.18. The molecule has 2 aromatic rings. The molecule has 0 bridgehead atoms. The molecular formula is C22H22BrN5O3. The lowest BCUT2D eigenvalue weighted by Crippen LogP contribution is -2.50. The van der Waals surface area contributed by atoms with Gasteiger partial charge in [0.15, 0.2) is 0 Å². The molecule has 9 heteroatoms. The molecule has 1 atom stereocenters. The zero-order valence-electron chi connectivity index (χ0n) is 17.0. The zero-order valence-corrected chi connectivity index (χ0v) is 18.5. The number of nitriles is 1. The Bertz CT molecular complexity index is 1070. The van der Waals surface area contributed by atoms with Crippen molar-refractivity contribution in [3.05, 3.63) is 40.3 Å². The molecular weight excluding hydrogens is 462 g/mol. The first-order valence-corrected chi connectivity index (χ1v) is 11.3. The lowest BCUT2D eigenvalue weighted by Gasteiger charge is -2.35. The van der Waals surface area contributed by atoms with Gasteiger partial charge in [0, 0.05) is 49.5 Å². The largest absolute Gasteiger partial charge is 0.423 e. The minimum absolute atomic E-state index is 0.0132. The predicted octanol–water partition coefficient (Wildman–Crippen LogP) is 2.89. The molecule has 3 heterocycles. The smallest absolute Gasteiger partial charge is 0.234 e. The number of oxazole rings is 1. The molecule has 2 saturated heterocycles. The van der Waals surface area contributed by atoms with Gasteiger partial charge in [0.2, 0.25) is 29.3 Å². The minimum Gasteiger partial charge on any atom is -0.423 e. The third-order valence-electron chi connectivity index (χ3n) is 6.15. The molecule has 3 fully saturated rings. The van der Waals surface area contributed by atoms with Gasteiger partial charge < -0.3 is 19.1 Å². The van der Waals surface area contributed by atoms with E-state index < -0.39 is 0 Å². The van der Waals surface area contributed by atoms with Gasteiger partial charge in [-0.1, -0.05) is 12.1 Å². The van der Waals surface area contributed by atoms with Gasteiger partial charge in [-0.15, -0.1) is 0 Å². The molecule has 0 N–H and O–H groups in total. The number of hydrogen-bond acceptors (Lipinski definition) is 6. The van der Waals surface area contributed by atoms with Crippen LogP contribution in [0.15, 0.2) is 33.2 Å². The summed E-state index contributed by atoms with van der Waals surface area (Å²) in [4.78, 5) is 35.5. The summed E-state index contributed by atoms with van der Waals surface area (Å²) in [5.74, 6) is 1.16. The van der Waals surface area contributed by atoms with Crippen LogP contribution in [0.2, 0.25) is 0 Å². The average Bonchev–Trinajstić information content (AvgIpc) is 3.44. The fourth-order valence-corrected chi connectivity index (χ4v) is 4.78. The van der Waals surface area contributed by atoms with E-state index in [-0.39, 0.29) is 24.2 Å². The van der Waals surface area contributed by atoms with E-state index in [0.717, 1.165) is 23.0 Å². The molecule has 5 rings (SSSR count). The zero-order chi connectivity index (χ0) is 21.5. The fourth-order valence-electron chi connectivity index (χ4n) is 4.28. The number of hydrogen-bond donors (Lipinski definition) is 0. The number of amides is 2. The first kappa shape index (κ1) is 20.1. The highest BCUT2D eigenvalue weighted by atomic mass is 79.9. The van der Waals surface area contributed by atoms with Crippen molar-refractivity contribution in [3.8, 4) is 6.07 Å². The molecule has 1 aromatic carbocycles. The molecule has 1 aliphatic carbocycles. The molecule has 160 valence electrons. The van der Waals surface area contributed by atoms with Gasteiger partial charge in [-0.25, -0.2) is 4.98 Å². The number of nitrogens with zero attached hydrogens (tertiary/aromatic N) is 5. The molecule has 3 aliphatic rings. The van der Waals surface area contributed by atoms with E-state index in [4.69, 9.17) is 4.42 Å². The normalized spacial score (nSPS) is 21.5. The lowest BCUT2D eigenvalue weighted by molar-refractivity contribution is -0.136. The van der Waals surface area contributed by atoms with Crippen molar-refractivity contribution in [2.75, 3.05) is 42.5 Å². The van der Waals surface area contributed by atoms with Crippen molar-refractivity contribution < 1.29 is 14.0 Å². The second kappa shape index (κ2) is 8.00. The Hall–Kier alpha value is -2.86. The Morgan fingerprint density at radius 3 is 2.61 bits per heavy atom. The Labute approximate surface area is 188 Å². The van der Waals surface area contributed by atoms with Gasteiger partial charge in [-0.3, -0.25) is 9.59 Å². The lowest BCUT2D eigenvalue weighted by atomic mass is 10.1. The summed E-state index contributed by atoms with van der Waals surface area (Å²) in [7, 11) is 0. The molecule has 0 unspecified atom stereocenters. The first-order chi connectivity index (χ1) is 15.0. The third kappa shape index (κ3) is 3.81. The molecule has 2 aliphatic heterocycles. The number of benzene rings is 1. The fraction of sp³-hybridized carbons (Fsp3) is 0.455. The highest BCUT2D eigenvalue weighted by Gasteiger charge is 2.39.